The molecule has 0 aromatic heterocycles. The van der Waals surface area contributed by atoms with Crippen LogP contribution in [0.4, 0.5) is 8.78 Å². The zero-order chi connectivity index (χ0) is 15.9. The summed E-state index contributed by atoms with van der Waals surface area (Å²) in [7, 11) is 0. The zero-order valence-corrected chi connectivity index (χ0v) is 12.4. The summed E-state index contributed by atoms with van der Waals surface area (Å²) in [5, 5.41) is 5.96. The van der Waals surface area contributed by atoms with Crippen molar-refractivity contribution in [3.8, 4) is 11.5 Å². The van der Waals surface area contributed by atoms with E-state index >= 15 is 0 Å². The Labute approximate surface area is 128 Å². The van der Waals surface area contributed by atoms with Crippen molar-refractivity contribution in [3.05, 3.63) is 23.8 Å². The maximum absolute atomic E-state index is 12.3. The number of nitrogens with one attached hydrogen (secondary N) is 2. The Balaban J connectivity index is 2.01. The summed E-state index contributed by atoms with van der Waals surface area (Å²) in [6, 6.07) is 4.55. The van der Waals surface area contributed by atoms with Gasteiger partial charge in [-0.1, -0.05) is 6.07 Å². The first kappa shape index (κ1) is 16.5. The van der Waals surface area contributed by atoms with Gasteiger partial charge in [0.15, 0.2) is 11.5 Å². The van der Waals surface area contributed by atoms with E-state index in [1.807, 2.05) is 0 Å². The molecule has 22 heavy (non-hydrogen) atoms. The van der Waals surface area contributed by atoms with Crippen LogP contribution in [0.2, 0.25) is 0 Å². The topological polar surface area (TPSA) is 59.6 Å². The van der Waals surface area contributed by atoms with Crippen molar-refractivity contribution < 1.29 is 23.0 Å². The summed E-state index contributed by atoms with van der Waals surface area (Å²) < 4.78 is 34.4. The van der Waals surface area contributed by atoms with Gasteiger partial charge in [-0.25, -0.2) is 0 Å². The minimum Gasteiger partial charge on any atom is -0.490 e. The first-order valence-electron chi connectivity index (χ1n) is 7.31. The molecule has 7 heteroatoms. The molecule has 1 heterocycles. The van der Waals surface area contributed by atoms with E-state index in [2.05, 4.69) is 15.4 Å². The quantitative estimate of drug-likeness (QED) is 0.809. The van der Waals surface area contributed by atoms with Gasteiger partial charge in [0.1, 0.15) is 0 Å². The first-order valence-corrected chi connectivity index (χ1v) is 7.31. The molecule has 0 saturated carbocycles. The monoisotopic (exact) mass is 314 g/mol. The third-order valence-corrected chi connectivity index (χ3v) is 3.36. The molecule has 1 unspecified atom stereocenters. The summed E-state index contributed by atoms with van der Waals surface area (Å²) in [4.78, 5) is 11.7. The summed E-state index contributed by atoms with van der Waals surface area (Å²) in [5.41, 5.74) is 0.837. The summed E-state index contributed by atoms with van der Waals surface area (Å²) >= 11 is 0. The largest absolute Gasteiger partial charge is 0.490 e. The molecule has 122 valence electrons. The van der Waals surface area contributed by atoms with Gasteiger partial charge in [0.25, 0.3) is 0 Å². The second-order valence-electron chi connectivity index (χ2n) is 4.96. The molecule has 0 radical (unpaired) electrons. The Morgan fingerprint density at radius 2 is 2.23 bits per heavy atom. The van der Waals surface area contributed by atoms with Crippen LogP contribution in [0.25, 0.3) is 0 Å². The van der Waals surface area contributed by atoms with Crippen molar-refractivity contribution in [2.24, 2.45) is 0 Å². The van der Waals surface area contributed by atoms with E-state index < -0.39 is 6.61 Å². The van der Waals surface area contributed by atoms with Crippen molar-refractivity contribution >= 4 is 5.91 Å². The van der Waals surface area contributed by atoms with Crippen LogP contribution in [0.3, 0.4) is 0 Å². The molecule has 2 N–H and O–H groups in total. The smallest absolute Gasteiger partial charge is 0.387 e. The number of hydrogen-bond donors (Lipinski definition) is 2. The van der Waals surface area contributed by atoms with Gasteiger partial charge in [-0.05, 0) is 37.5 Å². The Bertz CT molecular complexity index is 512. The highest BCUT2D eigenvalue weighted by molar-refractivity contribution is 5.82. The number of rotatable bonds is 7. The zero-order valence-electron chi connectivity index (χ0n) is 12.4. The molecule has 0 aliphatic carbocycles. The number of piperidine rings is 1. The predicted molar refractivity (Wildman–Crippen MR) is 77.1 cm³/mol. The second kappa shape index (κ2) is 7.93. The third kappa shape index (κ3) is 4.56. The maximum atomic E-state index is 12.3. The lowest BCUT2D eigenvalue weighted by Crippen LogP contribution is -2.47. The first-order chi connectivity index (χ1) is 10.6. The lowest BCUT2D eigenvalue weighted by Gasteiger charge is -2.23. The number of benzene rings is 1. The molecular weight excluding hydrogens is 294 g/mol. The highest BCUT2D eigenvalue weighted by Gasteiger charge is 2.21. The standard InChI is InChI=1S/C15H20F2N2O3/c1-2-21-13-8-10(5-6-12(13)22-15(16)17)9-19-11-4-3-7-18-14(11)20/h5-6,8,11,15,19H,2-4,7,9H2,1H3,(H,18,20). The molecule has 1 aromatic rings. The fraction of sp³-hybridized carbons (Fsp3) is 0.533. The normalized spacial score (nSPS) is 18.2. The van der Waals surface area contributed by atoms with Crippen LogP contribution in [0.1, 0.15) is 25.3 Å². The molecule has 1 aliphatic heterocycles. The highest BCUT2D eigenvalue weighted by Crippen LogP contribution is 2.29. The average molecular weight is 314 g/mol. The summed E-state index contributed by atoms with van der Waals surface area (Å²) in [6.45, 7) is 0.387. The Morgan fingerprint density at radius 3 is 2.91 bits per heavy atom. The molecule has 1 aliphatic rings. The van der Waals surface area contributed by atoms with Crippen LogP contribution in [0, 0.1) is 0 Å². The number of ether oxygens (including phenoxy) is 2. The molecule has 1 aromatic carbocycles. The molecule has 2 rings (SSSR count). The van der Waals surface area contributed by atoms with Crippen LogP contribution in [-0.2, 0) is 11.3 Å². The lowest BCUT2D eigenvalue weighted by molar-refractivity contribution is -0.124. The Hall–Kier alpha value is -1.89. The van der Waals surface area contributed by atoms with Crippen LogP contribution in [0.15, 0.2) is 18.2 Å². The third-order valence-electron chi connectivity index (χ3n) is 3.36. The summed E-state index contributed by atoms with van der Waals surface area (Å²) in [5.74, 6) is 0.278. The van der Waals surface area contributed by atoms with Gasteiger partial charge in [-0.15, -0.1) is 0 Å². The van der Waals surface area contributed by atoms with Crippen molar-refractivity contribution in [1.29, 1.82) is 0 Å². The van der Waals surface area contributed by atoms with E-state index in [-0.39, 0.29) is 23.4 Å². The van der Waals surface area contributed by atoms with Crippen LogP contribution < -0.4 is 20.1 Å². The number of amides is 1. The number of carbonyl (C=O) groups is 1. The molecule has 0 bridgehead atoms. The SMILES string of the molecule is CCOc1cc(CNC2CCCNC2=O)ccc1OC(F)F. The van der Waals surface area contributed by atoms with Gasteiger partial charge in [0.2, 0.25) is 5.91 Å². The van der Waals surface area contributed by atoms with Gasteiger partial charge in [-0.2, -0.15) is 8.78 Å². The molecule has 1 atom stereocenters. The Morgan fingerprint density at radius 1 is 1.41 bits per heavy atom. The fourth-order valence-corrected chi connectivity index (χ4v) is 2.33. The molecule has 1 amide bonds. The minimum atomic E-state index is -2.89. The van der Waals surface area contributed by atoms with Crippen molar-refractivity contribution in [2.75, 3.05) is 13.2 Å². The molecule has 5 nitrogen and oxygen atoms in total. The number of hydrogen-bond acceptors (Lipinski definition) is 4. The van der Waals surface area contributed by atoms with Crippen LogP contribution in [0.5, 0.6) is 11.5 Å². The van der Waals surface area contributed by atoms with E-state index in [1.54, 1.807) is 19.1 Å². The van der Waals surface area contributed by atoms with Gasteiger partial charge in [0, 0.05) is 13.1 Å². The lowest BCUT2D eigenvalue weighted by atomic mass is 10.1. The van der Waals surface area contributed by atoms with E-state index in [1.165, 1.54) is 6.07 Å². The van der Waals surface area contributed by atoms with E-state index in [9.17, 15) is 13.6 Å². The Kier molecular flexibility index (Phi) is 5.94. The fourth-order valence-electron chi connectivity index (χ4n) is 2.33. The molecule has 0 spiro atoms. The van der Waals surface area contributed by atoms with Gasteiger partial charge < -0.3 is 20.1 Å². The number of halogens is 2. The van der Waals surface area contributed by atoms with Gasteiger partial charge in [0.05, 0.1) is 12.6 Å². The minimum absolute atomic E-state index is 0.00562. The van der Waals surface area contributed by atoms with Crippen molar-refractivity contribution in [2.45, 2.75) is 39.0 Å². The maximum Gasteiger partial charge on any atom is 0.387 e. The molecule has 1 fully saturated rings. The highest BCUT2D eigenvalue weighted by atomic mass is 19.3. The van der Waals surface area contributed by atoms with Crippen molar-refractivity contribution in [3.63, 3.8) is 0 Å². The van der Waals surface area contributed by atoms with E-state index in [0.29, 0.717) is 19.7 Å². The van der Waals surface area contributed by atoms with Gasteiger partial charge >= 0.3 is 6.61 Å². The summed E-state index contributed by atoms with van der Waals surface area (Å²) in [6.07, 6.45) is 1.73. The van der Waals surface area contributed by atoms with E-state index in [0.717, 1.165) is 18.4 Å². The average Bonchev–Trinajstić information content (AvgIpc) is 2.48. The van der Waals surface area contributed by atoms with Gasteiger partial charge in [-0.3, -0.25) is 4.79 Å². The molecule has 1 saturated heterocycles. The van der Waals surface area contributed by atoms with Crippen LogP contribution >= 0.6 is 0 Å². The predicted octanol–water partition coefficient (Wildman–Crippen LogP) is 2.05. The van der Waals surface area contributed by atoms with E-state index in [4.69, 9.17) is 4.74 Å². The second-order valence-corrected chi connectivity index (χ2v) is 4.96. The molecular formula is C15H20F2N2O3. The van der Waals surface area contributed by atoms with Crippen LogP contribution in [-0.4, -0.2) is 31.7 Å². The number of carbonyl (C=O) groups excluding carboxylic acids is 1. The number of alkyl halides is 2. The van der Waals surface area contributed by atoms with Crippen molar-refractivity contribution in [1.82, 2.24) is 10.6 Å².